The Kier molecular flexibility index (Phi) is 4.46. The molecule has 1 atom stereocenters. The van der Waals surface area contributed by atoms with E-state index in [-0.39, 0.29) is 16.8 Å². The Hall–Kier alpha value is -1.69. The van der Waals surface area contributed by atoms with Gasteiger partial charge in [0.2, 0.25) is 0 Å². The van der Waals surface area contributed by atoms with Gasteiger partial charge in [0.15, 0.2) is 0 Å². The van der Waals surface area contributed by atoms with Crippen molar-refractivity contribution in [2.24, 2.45) is 0 Å². The van der Waals surface area contributed by atoms with Crippen LogP contribution >= 0.6 is 11.6 Å². The van der Waals surface area contributed by atoms with Crippen molar-refractivity contribution in [1.29, 1.82) is 0 Å². The van der Waals surface area contributed by atoms with Crippen LogP contribution in [0.25, 0.3) is 0 Å². The van der Waals surface area contributed by atoms with Crippen molar-refractivity contribution in [3.63, 3.8) is 0 Å². The van der Waals surface area contributed by atoms with Gasteiger partial charge in [-0.1, -0.05) is 17.7 Å². The van der Waals surface area contributed by atoms with Crippen LogP contribution in [-0.2, 0) is 12.7 Å². The Morgan fingerprint density at radius 3 is 2.67 bits per heavy atom. The number of rotatable bonds is 4. The van der Waals surface area contributed by atoms with Crippen LogP contribution in [0.1, 0.15) is 31.0 Å². The molecule has 0 spiro atoms. The molecule has 1 aromatic carbocycles. The highest BCUT2D eigenvalue weighted by atomic mass is 35.5. The SMILES string of the molecule is CCn1cc(C(C)Nc2c(Cl)cccc2C(F)(F)F)cn1. The number of aromatic nitrogens is 2. The standard InChI is InChI=1S/C14H15ClF3N3/c1-3-21-8-10(7-19-21)9(2)20-13-11(14(16,17)18)5-4-6-12(13)15/h4-9,20H,3H2,1-2H3. The first-order valence-electron chi connectivity index (χ1n) is 6.47. The lowest BCUT2D eigenvalue weighted by molar-refractivity contribution is -0.137. The number of nitrogens with one attached hydrogen (secondary N) is 1. The predicted molar refractivity (Wildman–Crippen MR) is 76.4 cm³/mol. The highest BCUT2D eigenvalue weighted by molar-refractivity contribution is 6.33. The van der Waals surface area contributed by atoms with Gasteiger partial charge in [-0.05, 0) is 26.0 Å². The summed E-state index contributed by atoms with van der Waals surface area (Å²) in [7, 11) is 0. The first-order valence-corrected chi connectivity index (χ1v) is 6.85. The smallest absolute Gasteiger partial charge is 0.377 e. The van der Waals surface area contributed by atoms with E-state index >= 15 is 0 Å². The van der Waals surface area contributed by atoms with E-state index in [1.54, 1.807) is 24.0 Å². The number of para-hydroxylation sites is 1. The number of hydrogen-bond donors (Lipinski definition) is 1. The van der Waals surface area contributed by atoms with Gasteiger partial charge in [-0.25, -0.2) is 0 Å². The monoisotopic (exact) mass is 317 g/mol. The zero-order valence-electron chi connectivity index (χ0n) is 11.6. The maximum Gasteiger partial charge on any atom is 0.418 e. The number of nitrogens with zero attached hydrogens (tertiary/aromatic N) is 2. The Balaban J connectivity index is 2.30. The number of anilines is 1. The Morgan fingerprint density at radius 2 is 2.10 bits per heavy atom. The summed E-state index contributed by atoms with van der Waals surface area (Å²) in [4.78, 5) is 0. The quantitative estimate of drug-likeness (QED) is 0.882. The Labute approximate surface area is 125 Å². The van der Waals surface area contributed by atoms with E-state index in [4.69, 9.17) is 11.6 Å². The van der Waals surface area contributed by atoms with Gasteiger partial charge in [0.05, 0.1) is 28.5 Å². The number of aryl methyl sites for hydroxylation is 1. The third kappa shape index (κ3) is 3.50. The van der Waals surface area contributed by atoms with Crippen molar-refractivity contribution < 1.29 is 13.2 Å². The molecule has 2 rings (SSSR count). The second kappa shape index (κ2) is 5.97. The molecule has 0 amide bonds. The van der Waals surface area contributed by atoms with Crippen LogP contribution in [0.2, 0.25) is 5.02 Å². The van der Waals surface area contributed by atoms with Crippen LogP contribution in [0, 0.1) is 0 Å². The first kappa shape index (κ1) is 15.7. The molecule has 2 aromatic rings. The van der Waals surface area contributed by atoms with Crippen LogP contribution in [0.4, 0.5) is 18.9 Å². The van der Waals surface area contributed by atoms with Crippen LogP contribution in [0.5, 0.6) is 0 Å². The van der Waals surface area contributed by atoms with Crippen LogP contribution in [-0.4, -0.2) is 9.78 Å². The van der Waals surface area contributed by atoms with Crippen LogP contribution in [0.15, 0.2) is 30.6 Å². The Morgan fingerprint density at radius 1 is 1.38 bits per heavy atom. The minimum atomic E-state index is -4.46. The summed E-state index contributed by atoms with van der Waals surface area (Å²) in [5.74, 6) is 0. The molecule has 1 aromatic heterocycles. The first-order chi connectivity index (χ1) is 9.82. The molecule has 21 heavy (non-hydrogen) atoms. The predicted octanol–water partition coefficient (Wildman–Crippen LogP) is 4.75. The van der Waals surface area contributed by atoms with Gasteiger partial charge < -0.3 is 5.32 Å². The van der Waals surface area contributed by atoms with Gasteiger partial charge in [0.1, 0.15) is 0 Å². The molecule has 7 heteroatoms. The normalized spacial score (nSPS) is 13.2. The average molecular weight is 318 g/mol. The van der Waals surface area contributed by atoms with Gasteiger partial charge in [0, 0.05) is 18.3 Å². The summed E-state index contributed by atoms with van der Waals surface area (Å²) in [5.41, 5.74) is -0.0851. The number of alkyl halides is 3. The maximum atomic E-state index is 13.0. The van der Waals surface area contributed by atoms with E-state index in [1.807, 2.05) is 6.92 Å². The fraction of sp³-hybridized carbons (Fsp3) is 0.357. The molecular formula is C14H15ClF3N3. The molecule has 0 aliphatic rings. The molecule has 1 N–H and O–H groups in total. The van der Waals surface area contributed by atoms with Gasteiger partial charge in [-0.2, -0.15) is 18.3 Å². The summed E-state index contributed by atoms with van der Waals surface area (Å²) in [6.07, 6.45) is -1.03. The molecule has 0 saturated heterocycles. The van der Waals surface area contributed by atoms with Gasteiger partial charge in [-0.15, -0.1) is 0 Å². The molecular weight excluding hydrogens is 303 g/mol. The largest absolute Gasteiger partial charge is 0.418 e. The van der Waals surface area contributed by atoms with E-state index in [2.05, 4.69) is 10.4 Å². The topological polar surface area (TPSA) is 29.9 Å². The lowest BCUT2D eigenvalue weighted by Crippen LogP contribution is -2.13. The highest BCUT2D eigenvalue weighted by Crippen LogP contribution is 2.39. The number of halogens is 4. The number of benzene rings is 1. The summed E-state index contributed by atoms with van der Waals surface area (Å²) < 4.78 is 40.8. The molecule has 0 bridgehead atoms. The third-order valence-electron chi connectivity index (χ3n) is 3.16. The van der Waals surface area contributed by atoms with Crippen LogP contribution in [0.3, 0.4) is 0 Å². The van der Waals surface area contributed by atoms with Crippen molar-refractivity contribution in [3.8, 4) is 0 Å². The molecule has 114 valence electrons. The fourth-order valence-electron chi connectivity index (χ4n) is 1.98. The van der Waals surface area contributed by atoms with Crippen molar-refractivity contribution in [1.82, 2.24) is 9.78 Å². The van der Waals surface area contributed by atoms with E-state index in [0.717, 1.165) is 11.6 Å². The highest BCUT2D eigenvalue weighted by Gasteiger charge is 2.34. The van der Waals surface area contributed by atoms with E-state index < -0.39 is 11.7 Å². The minimum absolute atomic E-state index is 0.0413. The van der Waals surface area contributed by atoms with E-state index in [1.165, 1.54) is 12.1 Å². The fourth-order valence-corrected chi connectivity index (χ4v) is 2.21. The summed E-state index contributed by atoms with van der Waals surface area (Å²) in [6.45, 7) is 4.40. The second-order valence-electron chi connectivity index (χ2n) is 4.66. The average Bonchev–Trinajstić information content (AvgIpc) is 2.88. The van der Waals surface area contributed by atoms with Crippen molar-refractivity contribution >= 4 is 17.3 Å². The molecule has 1 heterocycles. The lowest BCUT2D eigenvalue weighted by Gasteiger charge is -2.19. The van der Waals surface area contributed by atoms with Crippen molar-refractivity contribution in [2.45, 2.75) is 32.6 Å². The summed E-state index contributed by atoms with van der Waals surface area (Å²) in [5, 5.41) is 6.99. The van der Waals surface area contributed by atoms with Gasteiger partial charge >= 0.3 is 6.18 Å². The Bertz CT molecular complexity index is 622. The molecule has 0 aliphatic carbocycles. The zero-order chi connectivity index (χ0) is 15.6. The molecule has 0 radical (unpaired) electrons. The molecule has 0 aliphatic heterocycles. The lowest BCUT2D eigenvalue weighted by atomic mass is 10.1. The number of hydrogen-bond acceptors (Lipinski definition) is 2. The van der Waals surface area contributed by atoms with Gasteiger partial charge in [-0.3, -0.25) is 4.68 Å². The maximum absolute atomic E-state index is 13.0. The van der Waals surface area contributed by atoms with E-state index in [0.29, 0.717) is 6.54 Å². The zero-order valence-corrected chi connectivity index (χ0v) is 12.3. The molecule has 1 unspecified atom stereocenters. The second-order valence-corrected chi connectivity index (χ2v) is 5.06. The van der Waals surface area contributed by atoms with Gasteiger partial charge in [0.25, 0.3) is 0 Å². The molecule has 0 fully saturated rings. The third-order valence-corrected chi connectivity index (χ3v) is 3.47. The minimum Gasteiger partial charge on any atom is -0.377 e. The van der Waals surface area contributed by atoms with Crippen molar-refractivity contribution in [2.75, 3.05) is 5.32 Å². The van der Waals surface area contributed by atoms with Crippen LogP contribution < -0.4 is 5.32 Å². The molecule has 3 nitrogen and oxygen atoms in total. The summed E-state index contributed by atoms with van der Waals surface area (Å²) in [6, 6.07) is 3.39. The van der Waals surface area contributed by atoms with Crippen molar-refractivity contribution in [3.05, 3.63) is 46.7 Å². The summed E-state index contributed by atoms with van der Waals surface area (Å²) >= 11 is 5.92. The molecule has 0 saturated carbocycles. The van der Waals surface area contributed by atoms with E-state index in [9.17, 15) is 13.2 Å².